The summed E-state index contributed by atoms with van der Waals surface area (Å²) in [5.41, 5.74) is 25.9. The molecule has 0 unspecified atom stereocenters. The van der Waals surface area contributed by atoms with Gasteiger partial charge in [-0.1, -0.05) is 13.8 Å². The minimum atomic E-state index is -1.95. The van der Waals surface area contributed by atoms with Gasteiger partial charge >= 0.3 is 0 Å². The third kappa shape index (κ3) is 9.59. The van der Waals surface area contributed by atoms with Gasteiger partial charge in [-0.15, -0.1) is 0 Å². The number of unbranched alkanes of at least 4 members (excludes halogenated alkanes) is 1. The number of guanidine groups is 1. The predicted octanol–water partition coefficient (Wildman–Crippen LogP) is -1.68. The number of rotatable bonds is 13. The molecule has 11 heteroatoms. The standard InChI is InChI=1S/C18H35N7O4/c1-11(2)8-14(19)16(29)25(15(28)9-18(22,23)12(3)27)13(10-26)6-4-5-7-24-17(20)21/h10-11,13-14H,4-9,19,22-23H2,1-3H3,(H4,20,21,24)/t13-,14-/m0/s1. The van der Waals surface area contributed by atoms with E-state index in [1.54, 1.807) is 0 Å². The molecule has 0 saturated carbocycles. The molecule has 11 nitrogen and oxygen atoms in total. The van der Waals surface area contributed by atoms with Crippen LogP contribution in [0.2, 0.25) is 0 Å². The zero-order chi connectivity index (χ0) is 22.8. The normalized spacial score (nSPS) is 13.5. The zero-order valence-electron chi connectivity index (χ0n) is 17.5. The van der Waals surface area contributed by atoms with Gasteiger partial charge in [0.25, 0.3) is 0 Å². The van der Waals surface area contributed by atoms with Crippen LogP contribution in [0.1, 0.15) is 52.9 Å². The lowest BCUT2D eigenvalue weighted by molar-refractivity contribution is -0.152. The summed E-state index contributed by atoms with van der Waals surface area (Å²) < 4.78 is 0. The number of imide groups is 1. The topological polar surface area (TPSA) is 214 Å². The highest BCUT2D eigenvalue weighted by atomic mass is 16.2. The summed E-state index contributed by atoms with van der Waals surface area (Å²) >= 11 is 0. The highest BCUT2D eigenvalue weighted by Crippen LogP contribution is 2.16. The Morgan fingerprint density at radius 1 is 1.14 bits per heavy atom. The number of ketones is 1. The number of Topliss-reactive ketones (excluding diaryl/α,β-unsaturated/α-hetero) is 1. The molecule has 0 bridgehead atoms. The molecule has 10 N–H and O–H groups in total. The van der Waals surface area contributed by atoms with Gasteiger partial charge in [-0.2, -0.15) is 0 Å². The smallest absolute Gasteiger partial charge is 0.246 e. The van der Waals surface area contributed by atoms with Crippen LogP contribution in [0.15, 0.2) is 4.99 Å². The van der Waals surface area contributed by atoms with E-state index in [0.717, 1.165) is 11.8 Å². The molecule has 0 fully saturated rings. The van der Waals surface area contributed by atoms with Gasteiger partial charge in [-0.25, -0.2) is 0 Å². The van der Waals surface area contributed by atoms with Crippen LogP contribution in [0.5, 0.6) is 0 Å². The van der Waals surface area contributed by atoms with Crippen molar-refractivity contribution in [2.45, 2.75) is 70.6 Å². The highest BCUT2D eigenvalue weighted by Gasteiger charge is 2.37. The van der Waals surface area contributed by atoms with Gasteiger partial charge in [0.2, 0.25) is 11.8 Å². The Bertz CT molecular complexity index is 615. The lowest BCUT2D eigenvalue weighted by atomic mass is 9.99. The van der Waals surface area contributed by atoms with Crippen LogP contribution < -0.4 is 28.7 Å². The molecule has 2 amide bonds. The summed E-state index contributed by atoms with van der Waals surface area (Å²) in [4.78, 5) is 53.5. The van der Waals surface area contributed by atoms with Crippen LogP contribution in [0.4, 0.5) is 0 Å². The third-order valence-corrected chi connectivity index (χ3v) is 4.34. The maximum atomic E-state index is 12.9. The first kappa shape index (κ1) is 26.6. The maximum absolute atomic E-state index is 12.9. The maximum Gasteiger partial charge on any atom is 0.246 e. The Balaban J connectivity index is 5.48. The highest BCUT2D eigenvalue weighted by molar-refractivity contribution is 6.02. The summed E-state index contributed by atoms with van der Waals surface area (Å²) in [6.07, 6.45) is 1.41. The molecule has 0 rings (SSSR count). The Hall–Kier alpha value is -2.37. The molecule has 0 radical (unpaired) electrons. The van der Waals surface area contributed by atoms with Gasteiger partial charge in [0.05, 0.1) is 18.5 Å². The van der Waals surface area contributed by atoms with Crippen molar-refractivity contribution in [1.29, 1.82) is 0 Å². The second-order valence-corrected chi connectivity index (χ2v) is 7.62. The van der Waals surface area contributed by atoms with Crippen molar-refractivity contribution in [1.82, 2.24) is 4.90 Å². The molecule has 0 aromatic rings. The molecule has 0 spiro atoms. The molecular formula is C18H35N7O4. The number of hydrogen-bond acceptors (Lipinski definition) is 8. The van der Waals surface area contributed by atoms with Crippen molar-refractivity contribution in [2.24, 2.45) is 39.6 Å². The molecule has 0 aromatic carbocycles. The first-order valence-electron chi connectivity index (χ1n) is 9.54. The number of nitrogens with two attached hydrogens (primary N) is 5. The number of aliphatic imine (C=N–C) groups is 1. The van der Waals surface area contributed by atoms with E-state index in [1.165, 1.54) is 0 Å². The summed E-state index contributed by atoms with van der Waals surface area (Å²) in [7, 11) is 0. The molecule has 0 heterocycles. The van der Waals surface area contributed by atoms with Gasteiger partial charge in [0.15, 0.2) is 11.7 Å². The fourth-order valence-electron chi connectivity index (χ4n) is 2.65. The zero-order valence-corrected chi connectivity index (χ0v) is 17.5. The Kier molecular flexibility index (Phi) is 11.2. The second kappa shape index (κ2) is 12.2. The van der Waals surface area contributed by atoms with Gasteiger partial charge < -0.3 is 33.5 Å². The van der Waals surface area contributed by atoms with Crippen molar-refractivity contribution in [3.63, 3.8) is 0 Å². The number of carbonyl (C=O) groups is 4. The quantitative estimate of drug-likeness (QED) is 0.0764. The number of amides is 2. The van der Waals surface area contributed by atoms with Gasteiger partial charge in [0.1, 0.15) is 11.9 Å². The minimum absolute atomic E-state index is 0.0463. The van der Waals surface area contributed by atoms with Crippen molar-refractivity contribution >= 4 is 29.8 Å². The van der Waals surface area contributed by atoms with Crippen LogP contribution in [-0.2, 0) is 19.2 Å². The van der Waals surface area contributed by atoms with E-state index >= 15 is 0 Å². The monoisotopic (exact) mass is 413 g/mol. The minimum Gasteiger partial charge on any atom is -0.370 e. The molecule has 166 valence electrons. The van der Waals surface area contributed by atoms with E-state index in [4.69, 9.17) is 28.7 Å². The third-order valence-electron chi connectivity index (χ3n) is 4.34. The molecule has 0 saturated heterocycles. The number of nitrogens with zero attached hydrogens (tertiary/aromatic N) is 2. The molecule has 0 aliphatic heterocycles. The van der Waals surface area contributed by atoms with Crippen molar-refractivity contribution < 1.29 is 19.2 Å². The lowest BCUT2D eigenvalue weighted by Crippen LogP contribution is -2.60. The fourth-order valence-corrected chi connectivity index (χ4v) is 2.65. The summed E-state index contributed by atoms with van der Waals surface area (Å²) in [6, 6.07) is -2.04. The Labute approximate surface area is 171 Å². The van der Waals surface area contributed by atoms with E-state index < -0.39 is 41.8 Å². The van der Waals surface area contributed by atoms with Crippen LogP contribution in [0.3, 0.4) is 0 Å². The number of carbonyl (C=O) groups excluding carboxylic acids is 4. The second-order valence-electron chi connectivity index (χ2n) is 7.62. The SMILES string of the molecule is CC(=O)C(N)(N)CC(=O)N(C(=O)[C@@H](N)CC(C)C)[C@H](C=O)CCCCN=C(N)N. The summed E-state index contributed by atoms with van der Waals surface area (Å²) in [5.74, 6) is -2.10. The van der Waals surface area contributed by atoms with E-state index in [-0.39, 0.29) is 18.3 Å². The van der Waals surface area contributed by atoms with Gasteiger partial charge in [-0.3, -0.25) is 24.3 Å². The Morgan fingerprint density at radius 3 is 2.17 bits per heavy atom. The van der Waals surface area contributed by atoms with Gasteiger partial charge in [0, 0.05) is 6.54 Å². The fraction of sp³-hybridized carbons (Fsp3) is 0.722. The number of hydrogen-bond donors (Lipinski definition) is 5. The first-order valence-corrected chi connectivity index (χ1v) is 9.54. The molecule has 2 atom stereocenters. The van der Waals surface area contributed by atoms with E-state index in [0.29, 0.717) is 32.1 Å². The van der Waals surface area contributed by atoms with Crippen LogP contribution in [0.25, 0.3) is 0 Å². The Morgan fingerprint density at radius 2 is 1.72 bits per heavy atom. The van der Waals surface area contributed by atoms with Crippen LogP contribution in [0, 0.1) is 5.92 Å². The molecule has 0 aliphatic rings. The summed E-state index contributed by atoms with van der Waals surface area (Å²) in [6.45, 7) is 5.24. The van der Waals surface area contributed by atoms with Crippen LogP contribution in [-0.4, -0.2) is 59.0 Å². The van der Waals surface area contributed by atoms with Gasteiger partial charge in [-0.05, 0) is 38.5 Å². The molecular weight excluding hydrogens is 378 g/mol. The summed E-state index contributed by atoms with van der Waals surface area (Å²) in [5, 5.41) is 0. The van der Waals surface area contributed by atoms with E-state index in [1.807, 2.05) is 13.8 Å². The predicted molar refractivity (Wildman–Crippen MR) is 110 cm³/mol. The van der Waals surface area contributed by atoms with Crippen LogP contribution >= 0.6 is 0 Å². The van der Waals surface area contributed by atoms with Crippen molar-refractivity contribution in [3.8, 4) is 0 Å². The molecule has 0 aromatic heterocycles. The van der Waals surface area contributed by atoms with Crippen molar-refractivity contribution in [3.05, 3.63) is 0 Å². The first-order chi connectivity index (χ1) is 13.3. The van der Waals surface area contributed by atoms with E-state index in [9.17, 15) is 19.2 Å². The molecule has 29 heavy (non-hydrogen) atoms. The lowest BCUT2D eigenvalue weighted by Gasteiger charge is -2.31. The van der Waals surface area contributed by atoms with Crippen molar-refractivity contribution in [2.75, 3.05) is 6.54 Å². The average Bonchev–Trinajstić information content (AvgIpc) is 2.58. The number of aldehydes is 1. The average molecular weight is 414 g/mol. The van der Waals surface area contributed by atoms with E-state index in [2.05, 4.69) is 4.99 Å². The molecule has 0 aliphatic carbocycles. The largest absolute Gasteiger partial charge is 0.370 e.